The summed E-state index contributed by atoms with van der Waals surface area (Å²) in [4.78, 5) is 0. The van der Waals surface area contributed by atoms with Gasteiger partial charge in [0, 0.05) is 17.0 Å². The van der Waals surface area contributed by atoms with E-state index in [0.29, 0.717) is 11.3 Å². The maximum Gasteiger partial charge on any atom is 0.126 e. The Morgan fingerprint density at radius 3 is 2.48 bits per heavy atom. The van der Waals surface area contributed by atoms with Crippen LogP contribution in [0.1, 0.15) is 30.0 Å². The Kier molecular flexibility index (Phi) is 5.14. The van der Waals surface area contributed by atoms with E-state index in [0.717, 1.165) is 43.1 Å². The van der Waals surface area contributed by atoms with Gasteiger partial charge in [0.1, 0.15) is 23.4 Å². The van der Waals surface area contributed by atoms with E-state index in [1.165, 1.54) is 12.1 Å². The fraction of sp³-hybridized carbons (Fsp3) is 0.333. The van der Waals surface area contributed by atoms with Crippen molar-refractivity contribution in [1.29, 1.82) is 0 Å². The van der Waals surface area contributed by atoms with E-state index in [1.54, 1.807) is 10.9 Å². The lowest BCUT2D eigenvalue weighted by Gasteiger charge is -2.38. The third kappa shape index (κ3) is 3.13. The minimum atomic E-state index is -0.663. The molecule has 1 fully saturated rings. The van der Waals surface area contributed by atoms with Crippen LogP contribution in [0.2, 0.25) is 0 Å². The molecule has 5 nitrogen and oxygen atoms in total. The summed E-state index contributed by atoms with van der Waals surface area (Å²) in [6.45, 7) is 1.70. The quantitative estimate of drug-likeness (QED) is 0.670. The van der Waals surface area contributed by atoms with Crippen molar-refractivity contribution in [2.45, 2.75) is 30.4 Å². The zero-order valence-corrected chi connectivity index (χ0v) is 16.4. The van der Waals surface area contributed by atoms with Gasteiger partial charge in [0.2, 0.25) is 0 Å². The summed E-state index contributed by atoms with van der Waals surface area (Å²) in [5.74, 6) is -1.33. The van der Waals surface area contributed by atoms with Gasteiger partial charge in [0.05, 0.1) is 12.3 Å². The van der Waals surface area contributed by atoms with Crippen LogP contribution in [-0.2, 0) is 5.41 Å². The summed E-state index contributed by atoms with van der Waals surface area (Å²) in [6, 6.07) is 11.0. The lowest BCUT2D eigenvalue weighted by atomic mass is 9.72. The molecule has 2 heterocycles. The highest BCUT2D eigenvalue weighted by Crippen LogP contribution is 2.51. The van der Waals surface area contributed by atoms with E-state index in [2.05, 4.69) is 21.7 Å². The highest BCUT2D eigenvalue weighted by atomic mass is 35.5. The van der Waals surface area contributed by atoms with E-state index in [4.69, 9.17) is 0 Å². The van der Waals surface area contributed by atoms with Gasteiger partial charge in [-0.25, -0.2) is 13.5 Å². The SMILES string of the molecule is Cl.O[C@H]1[C@H](n2cc(-c3cc(F)cc(F)c3)nn2)c2ccccc2C12CCNCC2. The van der Waals surface area contributed by atoms with Gasteiger partial charge in [-0.1, -0.05) is 29.5 Å². The monoisotopic (exact) mass is 418 g/mol. The molecule has 1 aliphatic carbocycles. The molecular weight excluding hydrogens is 398 g/mol. The molecular formula is C21H21ClF2N4O. The normalized spacial score (nSPS) is 22.3. The maximum absolute atomic E-state index is 13.6. The third-order valence-corrected chi connectivity index (χ3v) is 6.13. The first-order chi connectivity index (χ1) is 13.6. The summed E-state index contributed by atoms with van der Waals surface area (Å²) in [5.41, 5.74) is 2.56. The zero-order chi connectivity index (χ0) is 19.3. The van der Waals surface area contributed by atoms with Crippen LogP contribution in [0.4, 0.5) is 8.78 Å². The fourth-order valence-electron chi connectivity index (χ4n) is 4.81. The Bertz CT molecular complexity index is 1010. The number of halogens is 3. The lowest BCUT2D eigenvalue weighted by Crippen LogP contribution is -2.47. The molecule has 152 valence electrons. The van der Waals surface area contributed by atoms with Crippen molar-refractivity contribution in [1.82, 2.24) is 20.3 Å². The van der Waals surface area contributed by atoms with Crippen molar-refractivity contribution >= 4 is 12.4 Å². The van der Waals surface area contributed by atoms with Crippen LogP contribution in [-0.4, -0.2) is 39.3 Å². The number of aromatic nitrogens is 3. The summed E-state index contributed by atoms with van der Waals surface area (Å²) < 4.78 is 28.8. The average molecular weight is 419 g/mol. The molecule has 3 aromatic rings. The topological polar surface area (TPSA) is 63.0 Å². The number of benzene rings is 2. The van der Waals surface area contributed by atoms with Crippen molar-refractivity contribution < 1.29 is 13.9 Å². The molecule has 29 heavy (non-hydrogen) atoms. The predicted octanol–water partition coefficient (Wildman–Crippen LogP) is 3.23. The van der Waals surface area contributed by atoms with Crippen LogP contribution in [0, 0.1) is 11.6 Å². The molecule has 2 N–H and O–H groups in total. The standard InChI is InChI=1S/C21H20F2N4O.ClH/c22-14-9-13(10-15(23)11-14)18-12-27(26-25-18)19-16-3-1-2-4-17(16)21(20(19)28)5-7-24-8-6-21;/h1-4,9-12,19-20,24,28H,5-8H2;1H/t19-,20+;/m1./s1. The zero-order valence-electron chi connectivity index (χ0n) is 15.6. The Labute approximate surface area is 173 Å². The first-order valence-electron chi connectivity index (χ1n) is 9.45. The van der Waals surface area contributed by atoms with Crippen molar-refractivity contribution in [3.05, 3.63) is 71.4 Å². The number of nitrogens with zero attached hydrogens (tertiary/aromatic N) is 3. The minimum Gasteiger partial charge on any atom is -0.390 e. The van der Waals surface area contributed by atoms with Crippen LogP contribution >= 0.6 is 12.4 Å². The van der Waals surface area contributed by atoms with Gasteiger partial charge in [0.15, 0.2) is 0 Å². The van der Waals surface area contributed by atoms with Gasteiger partial charge in [-0.15, -0.1) is 17.5 Å². The predicted molar refractivity (Wildman–Crippen MR) is 107 cm³/mol. The summed E-state index contributed by atoms with van der Waals surface area (Å²) in [5, 5.41) is 23.0. The number of fused-ring (bicyclic) bond motifs is 2. The molecule has 1 aromatic heterocycles. The molecule has 2 atom stereocenters. The maximum atomic E-state index is 13.6. The van der Waals surface area contributed by atoms with Crippen LogP contribution < -0.4 is 5.32 Å². The average Bonchev–Trinajstić information content (AvgIpc) is 3.25. The lowest BCUT2D eigenvalue weighted by molar-refractivity contribution is 0.0421. The number of hydrogen-bond donors (Lipinski definition) is 2. The van der Waals surface area contributed by atoms with Gasteiger partial charge in [-0.05, 0) is 49.2 Å². The van der Waals surface area contributed by atoms with Crippen LogP contribution in [0.25, 0.3) is 11.3 Å². The molecule has 0 saturated carbocycles. The Morgan fingerprint density at radius 1 is 1.07 bits per heavy atom. The second-order valence-electron chi connectivity index (χ2n) is 7.62. The van der Waals surface area contributed by atoms with Crippen molar-refractivity contribution in [2.24, 2.45) is 0 Å². The van der Waals surface area contributed by atoms with Crippen LogP contribution in [0.15, 0.2) is 48.7 Å². The van der Waals surface area contributed by atoms with Crippen molar-refractivity contribution in [3.8, 4) is 11.3 Å². The molecule has 0 amide bonds. The second-order valence-corrected chi connectivity index (χ2v) is 7.62. The molecule has 2 aromatic carbocycles. The molecule has 5 rings (SSSR count). The van der Waals surface area contributed by atoms with Gasteiger partial charge in [0.25, 0.3) is 0 Å². The first kappa shape index (κ1) is 19.9. The van der Waals surface area contributed by atoms with Crippen molar-refractivity contribution in [2.75, 3.05) is 13.1 Å². The van der Waals surface area contributed by atoms with E-state index < -0.39 is 17.7 Å². The second kappa shape index (κ2) is 7.48. The van der Waals surface area contributed by atoms with E-state index in [9.17, 15) is 13.9 Å². The summed E-state index contributed by atoms with van der Waals surface area (Å²) in [6.07, 6.45) is 2.70. The Balaban J connectivity index is 0.00000205. The molecule has 1 saturated heterocycles. The number of aliphatic hydroxyl groups excluding tert-OH is 1. The Morgan fingerprint density at radius 2 is 1.76 bits per heavy atom. The largest absolute Gasteiger partial charge is 0.390 e. The summed E-state index contributed by atoms with van der Waals surface area (Å²) in [7, 11) is 0. The third-order valence-electron chi connectivity index (χ3n) is 6.13. The van der Waals surface area contributed by atoms with Gasteiger partial charge < -0.3 is 10.4 Å². The smallest absolute Gasteiger partial charge is 0.126 e. The van der Waals surface area contributed by atoms with E-state index >= 15 is 0 Å². The van der Waals surface area contributed by atoms with Crippen LogP contribution in [0.3, 0.4) is 0 Å². The van der Waals surface area contributed by atoms with E-state index in [-0.39, 0.29) is 23.9 Å². The summed E-state index contributed by atoms with van der Waals surface area (Å²) >= 11 is 0. The van der Waals surface area contributed by atoms with Gasteiger partial charge in [-0.3, -0.25) is 0 Å². The minimum absolute atomic E-state index is 0. The van der Waals surface area contributed by atoms with Gasteiger partial charge in [-0.2, -0.15) is 0 Å². The highest BCUT2D eigenvalue weighted by Gasteiger charge is 2.52. The highest BCUT2D eigenvalue weighted by molar-refractivity contribution is 5.85. The molecule has 2 aliphatic rings. The van der Waals surface area contributed by atoms with Crippen LogP contribution in [0.5, 0.6) is 0 Å². The fourth-order valence-corrected chi connectivity index (χ4v) is 4.81. The molecule has 0 bridgehead atoms. The number of aliphatic hydroxyl groups is 1. The first-order valence-corrected chi connectivity index (χ1v) is 9.45. The number of rotatable bonds is 2. The Hall–Kier alpha value is -2.35. The molecule has 1 aliphatic heterocycles. The van der Waals surface area contributed by atoms with E-state index in [1.807, 2.05) is 18.2 Å². The number of hydrogen-bond acceptors (Lipinski definition) is 4. The number of piperidine rings is 1. The molecule has 0 unspecified atom stereocenters. The molecule has 8 heteroatoms. The van der Waals surface area contributed by atoms with Crippen molar-refractivity contribution in [3.63, 3.8) is 0 Å². The van der Waals surface area contributed by atoms with Gasteiger partial charge >= 0.3 is 0 Å². The molecule has 1 spiro atoms. The number of nitrogens with one attached hydrogen (secondary N) is 1. The molecule has 0 radical (unpaired) electrons.